The van der Waals surface area contributed by atoms with E-state index in [1.165, 1.54) is 0 Å². The van der Waals surface area contributed by atoms with Gasteiger partial charge >= 0.3 is 5.84 Å². The zero-order chi connectivity index (χ0) is 7.40. The molecule has 10 heavy (non-hydrogen) atoms. The molecular formula is C7H10N2O. The minimum atomic E-state index is 0.644. The molecule has 0 spiro atoms. The highest BCUT2D eigenvalue weighted by Crippen LogP contribution is 1.97. The molecule has 3 heteroatoms. The summed E-state index contributed by atoms with van der Waals surface area (Å²) in [4.78, 5) is 3.88. The highest BCUT2D eigenvalue weighted by Gasteiger charge is 1.90. The van der Waals surface area contributed by atoms with Gasteiger partial charge in [-0.15, -0.1) is 0 Å². The fraction of sp³-hybridized carbons (Fsp3) is 0.286. The van der Waals surface area contributed by atoms with E-state index in [9.17, 15) is 0 Å². The predicted octanol–water partition coefficient (Wildman–Crippen LogP) is 1.95. The van der Waals surface area contributed by atoms with E-state index in [0.717, 1.165) is 0 Å². The van der Waals surface area contributed by atoms with Gasteiger partial charge in [-0.1, -0.05) is 13.8 Å². The molecule has 0 aliphatic carbocycles. The summed E-state index contributed by atoms with van der Waals surface area (Å²) in [6.45, 7) is 4.00. The zero-order valence-corrected chi connectivity index (χ0v) is 6.11. The Kier molecular flexibility index (Phi) is 2.10. The molecule has 0 unspecified atom stereocenters. The standard InChI is InChI=1S/C5H4N2O.C2H6/c1-2-7-3-4-8-5(7)6-1;1-2/h1-4H;1-2H3. The lowest BCUT2D eigenvalue weighted by molar-refractivity contribution is 0.596. The van der Waals surface area contributed by atoms with Gasteiger partial charge in [-0.3, -0.25) is 4.40 Å². The molecule has 2 rings (SSSR count). The molecular weight excluding hydrogens is 128 g/mol. The number of nitrogens with zero attached hydrogens (tertiary/aromatic N) is 2. The van der Waals surface area contributed by atoms with Gasteiger partial charge in [0.05, 0.1) is 0 Å². The molecule has 0 aliphatic rings. The first-order valence-electron chi connectivity index (χ1n) is 3.33. The van der Waals surface area contributed by atoms with Crippen LogP contribution in [0.1, 0.15) is 13.8 Å². The smallest absolute Gasteiger partial charge is 0.305 e. The van der Waals surface area contributed by atoms with Gasteiger partial charge in [0.15, 0.2) is 0 Å². The third-order valence-corrected chi connectivity index (χ3v) is 1.03. The molecule has 54 valence electrons. The van der Waals surface area contributed by atoms with Gasteiger partial charge in [-0.25, -0.2) is 4.98 Å². The maximum absolute atomic E-state index is 4.91. The van der Waals surface area contributed by atoms with E-state index in [1.54, 1.807) is 16.9 Å². The van der Waals surface area contributed by atoms with Crippen LogP contribution in [0.15, 0.2) is 29.3 Å². The van der Waals surface area contributed by atoms with Crippen LogP contribution in [-0.2, 0) is 0 Å². The van der Waals surface area contributed by atoms with Crippen LogP contribution in [0.3, 0.4) is 0 Å². The van der Waals surface area contributed by atoms with Gasteiger partial charge in [0.1, 0.15) is 6.26 Å². The summed E-state index contributed by atoms with van der Waals surface area (Å²) < 4.78 is 6.72. The van der Waals surface area contributed by atoms with Crippen LogP contribution in [0.5, 0.6) is 0 Å². The molecule has 0 aromatic carbocycles. The maximum atomic E-state index is 4.91. The summed E-state index contributed by atoms with van der Waals surface area (Å²) in [7, 11) is 0. The Morgan fingerprint density at radius 3 is 2.90 bits per heavy atom. The number of hydrogen-bond acceptors (Lipinski definition) is 2. The van der Waals surface area contributed by atoms with Crippen molar-refractivity contribution in [2.45, 2.75) is 13.8 Å². The summed E-state index contributed by atoms with van der Waals surface area (Å²) >= 11 is 0. The van der Waals surface area contributed by atoms with Crippen molar-refractivity contribution in [3.8, 4) is 0 Å². The van der Waals surface area contributed by atoms with E-state index in [1.807, 2.05) is 26.2 Å². The average Bonchev–Trinajstić information content (AvgIpc) is 2.49. The van der Waals surface area contributed by atoms with Crippen molar-refractivity contribution in [2.75, 3.05) is 0 Å². The van der Waals surface area contributed by atoms with Crippen LogP contribution in [0.2, 0.25) is 0 Å². The summed E-state index contributed by atoms with van der Waals surface area (Å²) in [5.74, 6) is 0.644. The van der Waals surface area contributed by atoms with Crippen LogP contribution in [0.25, 0.3) is 5.84 Å². The third kappa shape index (κ3) is 1.03. The van der Waals surface area contributed by atoms with Gasteiger partial charge in [0, 0.05) is 18.6 Å². The number of rotatable bonds is 0. The van der Waals surface area contributed by atoms with Crippen LogP contribution in [-0.4, -0.2) is 9.38 Å². The summed E-state index contributed by atoms with van der Waals surface area (Å²) in [6, 6.07) is 0. The molecule has 0 saturated heterocycles. The normalized spacial score (nSPS) is 9.00. The van der Waals surface area contributed by atoms with E-state index in [2.05, 4.69) is 4.98 Å². The van der Waals surface area contributed by atoms with Crippen LogP contribution >= 0.6 is 0 Å². The molecule has 0 amide bonds. The Morgan fingerprint density at radius 1 is 1.40 bits per heavy atom. The fourth-order valence-corrected chi connectivity index (χ4v) is 0.661. The van der Waals surface area contributed by atoms with Gasteiger partial charge in [0.25, 0.3) is 0 Å². The van der Waals surface area contributed by atoms with Crippen LogP contribution in [0.4, 0.5) is 0 Å². The van der Waals surface area contributed by atoms with Crippen LogP contribution in [0, 0.1) is 0 Å². The van der Waals surface area contributed by atoms with Crippen molar-refractivity contribution in [2.24, 2.45) is 0 Å². The van der Waals surface area contributed by atoms with E-state index < -0.39 is 0 Å². The minimum absolute atomic E-state index is 0.644. The monoisotopic (exact) mass is 138 g/mol. The number of fused-ring (bicyclic) bond motifs is 1. The molecule has 0 saturated carbocycles. The molecule has 2 aromatic rings. The predicted molar refractivity (Wildman–Crippen MR) is 38.8 cm³/mol. The summed E-state index contributed by atoms with van der Waals surface area (Å²) in [5.41, 5.74) is 0. The molecule has 0 atom stereocenters. The maximum Gasteiger partial charge on any atom is 0.305 e. The van der Waals surface area contributed by atoms with E-state index in [0.29, 0.717) is 5.84 Å². The Morgan fingerprint density at radius 2 is 2.20 bits per heavy atom. The van der Waals surface area contributed by atoms with Crippen LogP contribution < -0.4 is 0 Å². The minimum Gasteiger partial charge on any atom is -0.432 e. The Bertz CT molecular complexity index is 233. The second-order valence-corrected chi connectivity index (χ2v) is 1.52. The lowest BCUT2D eigenvalue weighted by atomic mass is 10.9. The first-order chi connectivity index (χ1) is 4.97. The van der Waals surface area contributed by atoms with Crippen molar-refractivity contribution < 1.29 is 4.42 Å². The van der Waals surface area contributed by atoms with Gasteiger partial charge in [-0.2, -0.15) is 0 Å². The molecule has 2 heterocycles. The van der Waals surface area contributed by atoms with Crippen molar-refractivity contribution >= 4 is 5.84 Å². The summed E-state index contributed by atoms with van der Waals surface area (Å²) in [5, 5.41) is 0. The van der Waals surface area contributed by atoms with E-state index in [-0.39, 0.29) is 0 Å². The fourth-order valence-electron chi connectivity index (χ4n) is 0.661. The lowest BCUT2D eigenvalue weighted by Gasteiger charge is -1.69. The molecule has 3 nitrogen and oxygen atoms in total. The first kappa shape index (κ1) is 6.86. The highest BCUT2D eigenvalue weighted by atomic mass is 16.3. The van der Waals surface area contributed by atoms with Crippen molar-refractivity contribution in [1.29, 1.82) is 0 Å². The zero-order valence-electron chi connectivity index (χ0n) is 6.11. The van der Waals surface area contributed by atoms with Gasteiger partial charge < -0.3 is 4.42 Å². The van der Waals surface area contributed by atoms with Gasteiger partial charge in [-0.05, 0) is 0 Å². The summed E-state index contributed by atoms with van der Waals surface area (Å²) in [6.07, 6.45) is 6.93. The molecule has 0 fully saturated rings. The number of imidazole rings is 1. The van der Waals surface area contributed by atoms with Crippen molar-refractivity contribution in [1.82, 2.24) is 9.38 Å². The molecule has 0 aliphatic heterocycles. The first-order valence-corrected chi connectivity index (χ1v) is 3.33. The third-order valence-electron chi connectivity index (χ3n) is 1.03. The highest BCUT2D eigenvalue weighted by molar-refractivity contribution is 5.20. The number of aromatic nitrogens is 2. The van der Waals surface area contributed by atoms with Gasteiger partial charge in [0.2, 0.25) is 0 Å². The quantitative estimate of drug-likeness (QED) is 0.557. The van der Waals surface area contributed by atoms with Crippen molar-refractivity contribution in [3.05, 3.63) is 24.9 Å². The molecule has 0 N–H and O–H groups in total. The lowest BCUT2D eigenvalue weighted by Crippen LogP contribution is -1.67. The SMILES string of the molecule is CC.c1cn2ccoc2n1. The molecule has 0 radical (unpaired) electrons. The number of hydrogen-bond donors (Lipinski definition) is 0. The largest absolute Gasteiger partial charge is 0.432 e. The second-order valence-electron chi connectivity index (χ2n) is 1.52. The Hall–Kier alpha value is -1.25. The average molecular weight is 138 g/mol. The van der Waals surface area contributed by atoms with Crippen molar-refractivity contribution in [3.63, 3.8) is 0 Å². The Balaban J connectivity index is 0.000000231. The molecule has 2 aromatic heterocycles. The molecule has 0 bridgehead atoms. The second kappa shape index (κ2) is 3.06. The van der Waals surface area contributed by atoms with E-state index >= 15 is 0 Å². The number of oxazole rings is 1. The van der Waals surface area contributed by atoms with E-state index in [4.69, 9.17) is 4.42 Å². The topological polar surface area (TPSA) is 30.4 Å². The Labute approximate surface area is 59.3 Å².